The number of rotatable bonds is 4. The van der Waals surface area contributed by atoms with E-state index in [9.17, 15) is 0 Å². The predicted octanol–water partition coefficient (Wildman–Crippen LogP) is 2.74. The van der Waals surface area contributed by atoms with Crippen LogP contribution in [0.4, 0.5) is 5.69 Å². The molecule has 2 heterocycles. The molecule has 0 radical (unpaired) electrons. The van der Waals surface area contributed by atoms with Crippen LogP contribution in [0.15, 0.2) is 47.1 Å². The van der Waals surface area contributed by atoms with E-state index in [0.29, 0.717) is 0 Å². The summed E-state index contributed by atoms with van der Waals surface area (Å²) in [6.45, 7) is 4.00. The van der Waals surface area contributed by atoms with Gasteiger partial charge in [0, 0.05) is 5.69 Å². The first-order valence-corrected chi connectivity index (χ1v) is 6.39. The van der Waals surface area contributed by atoms with Crippen molar-refractivity contribution in [3.05, 3.63) is 54.2 Å². The highest BCUT2D eigenvalue weighted by Crippen LogP contribution is 2.21. The normalized spacial score (nSPS) is 12.3. The van der Waals surface area contributed by atoms with Crippen LogP contribution in [0.5, 0.6) is 0 Å². The van der Waals surface area contributed by atoms with Gasteiger partial charge in [0.25, 0.3) is 0 Å². The Labute approximate surface area is 116 Å². The molecule has 1 N–H and O–H groups in total. The monoisotopic (exact) mass is 269 g/mol. The molecule has 0 aliphatic heterocycles. The van der Waals surface area contributed by atoms with Crippen LogP contribution in [-0.4, -0.2) is 20.2 Å². The van der Waals surface area contributed by atoms with Crippen molar-refractivity contribution in [1.29, 1.82) is 0 Å². The molecule has 0 saturated heterocycles. The summed E-state index contributed by atoms with van der Waals surface area (Å²) in [7, 11) is 0. The molecular formula is C14H15N5O. The third kappa shape index (κ3) is 2.54. The van der Waals surface area contributed by atoms with E-state index in [1.165, 1.54) is 0 Å². The second-order valence-electron chi connectivity index (χ2n) is 4.62. The summed E-state index contributed by atoms with van der Waals surface area (Å²) in [5, 5.41) is 14.5. The third-order valence-electron chi connectivity index (χ3n) is 3.05. The van der Waals surface area contributed by atoms with Crippen molar-refractivity contribution in [3.63, 3.8) is 0 Å². The van der Waals surface area contributed by atoms with Crippen molar-refractivity contribution in [3.8, 4) is 5.69 Å². The fourth-order valence-corrected chi connectivity index (χ4v) is 2.00. The zero-order valence-corrected chi connectivity index (χ0v) is 11.3. The maximum absolute atomic E-state index is 5.61. The highest BCUT2D eigenvalue weighted by atomic mass is 16.3. The summed E-state index contributed by atoms with van der Waals surface area (Å²) < 4.78 is 7.22. The van der Waals surface area contributed by atoms with Crippen LogP contribution in [0.2, 0.25) is 0 Å². The molecule has 0 bridgehead atoms. The number of furan rings is 1. The molecule has 1 atom stereocenters. The average Bonchev–Trinajstić information content (AvgIpc) is 3.10. The second-order valence-corrected chi connectivity index (χ2v) is 4.62. The van der Waals surface area contributed by atoms with Gasteiger partial charge in [-0.15, -0.1) is 5.10 Å². The zero-order valence-electron chi connectivity index (χ0n) is 11.3. The Balaban J connectivity index is 1.72. The number of hydrogen-bond acceptors (Lipinski definition) is 5. The van der Waals surface area contributed by atoms with E-state index in [1.807, 2.05) is 43.3 Å². The Bertz CT molecular complexity index is 672. The lowest BCUT2D eigenvalue weighted by Crippen LogP contribution is -2.05. The van der Waals surface area contributed by atoms with Gasteiger partial charge in [0.05, 0.1) is 11.7 Å². The molecule has 6 nitrogen and oxygen atoms in total. The molecule has 0 spiro atoms. The number of tetrazole rings is 1. The van der Waals surface area contributed by atoms with E-state index in [2.05, 4.69) is 27.8 Å². The number of benzene rings is 1. The molecule has 3 rings (SSSR count). The van der Waals surface area contributed by atoms with E-state index in [-0.39, 0.29) is 6.04 Å². The molecule has 2 aromatic heterocycles. The second kappa shape index (κ2) is 5.16. The molecule has 20 heavy (non-hydrogen) atoms. The minimum Gasteiger partial charge on any atom is -0.464 e. The summed E-state index contributed by atoms with van der Waals surface area (Å²) in [5.74, 6) is 1.84. The van der Waals surface area contributed by atoms with Gasteiger partial charge in [-0.05, 0) is 60.7 Å². The molecule has 0 fully saturated rings. The summed E-state index contributed by atoms with van der Waals surface area (Å²) in [5.41, 5.74) is 1.94. The first kappa shape index (κ1) is 12.4. The SMILES string of the molecule is Cc1ccc(C(C)Nc2ccc(-n3cnnn3)cc2)o1. The minimum absolute atomic E-state index is 0.114. The summed E-state index contributed by atoms with van der Waals surface area (Å²) in [6.07, 6.45) is 1.57. The van der Waals surface area contributed by atoms with E-state index < -0.39 is 0 Å². The third-order valence-corrected chi connectivity index (χ3v) is 3.05. The summed E-state index contributed by atoms with van der Waals surface area (Å²) in [4.78, 5) is 0. The van der Waals surface area contributed by atoms with Crippen molar-refractivity contribution >= 4 is 5.69 Å². The topological polar surface area (TPSA) is 68.8 Å². The molecule has 102 valence electrons. The quantitative estimate of drug-likeness (QED) is 0.788. The first-order chi connectivity index (χ1) is 9.72. The van der Waals surface area contributed by atoms with Gasteiger partial charge in [-0.3, -0.25) is 0 Å². The van der Waals surface area contributed by atoms with Crippen LogP contribution < -0.4 is 5.32 Å². The molecule has 1 aromatic carbocycles. The van der Waals surface area contributed by atoms with E-state index >= 15 is 0 Å². The maximum Gasteiger partial charge on any atom is 0.143 e. The fraction of sp³-hybridized carbons (Fsp3) is 0.214. The smallest absolute Gasteiger partial charge is 0.143 e. The number of nitrogens with one attached hydrogen (secondary N) is 1. The van der Waals surface area contributed by atoms with Crippen molar-refractivity contribution in [2.75, 3.05) is 5.32 Å². The number of aryl methyl sites for hydroxylation is 1. The van der Waals surface area contributed by atoms with Gasteiger partial charge in [0.2, 0.25) is 0 Å². The Kier molecular flexibility index (Phi) is 3.20. The highest BCUT2D eigenvalue weighted by Gasteiger charge is 2.09. The van der Waals surface area contributed by atoms with Crippen LogP contribution in [0.1, 0.15) is 24.5 Å². The highest BCUT2D eigenvalue weighted by molar-refractivity contribution is 5.49. The number of anilines is 1. The summed E-state index contributed by atoms with van der Waals surface area (Å²) >= 11 is 0. The molecule has 0 saturated carbocycles. The van der Waals surface area contributed by atoms with Crippen LogP contribution in [0.25, 0.3) is 5.69 Å². The van der Waals surface area contributed by atoms with E-state index in [0.717, 1.165) is 22.9 Å². The van der Waals surface area contributed by atoms with Gasteiger partial charge in [-0.1, -0.05) is 0 Å². The lowest BCUT2D eigenvalue weighted by atomic mass is 10.2. The number of aromatic nitrogens is 4. The lowest BCUT2D eigenvalue weighted by Gasteiger charge is -2.13. The number of nitrogens with zero attached hydrogens (tertiary/aromatic N) is 4. The van der Waals surface area contributed by atoms with Gasteiger partial charge >= 0.3 is 0 Å². The Morgan fingerprint density at radius 3 is 2.55 bits per heavy atom. The molecule has 6 heteroatoms. The molecule has 1 unspecified atom stereocenters. The zero-order chi connectivity index (χ0) is 13.9. The van der Waals surface area contributed by atoms with Crippen LogP contribution in [0, 0.1) is 6.92 Å². The molecule has 0 aliphatic carbocycles. The van der Waals surface area contributed by atoms with Crippen LogP contribution >= 0.6 is 0 Å². The molecular weight excluding hydrogens is 254 g/mol. The van der Waals surface area contributed by atoms with Crippen molar-refractivity contribution in [1.82, 2.24) is 20.2 Å². The Morgan fingerprint density at radius 2 is 1.95 bits per heavy atom. The van der Waals surface area contributed by atoms with Crippen molar-refractivity contribution in [2.24, 2.45) is 0 Å². The van der Waals surface area contributed by atoms with Gasteiger partial charge in [0.15, 0.2) is 0 Å². The molecule has 0 aliphatic rings. The van der Waals surface area contributed by atoms with Crippen molar-refractivity contribution < 1.29 is 4.42 Å². The van der Waals surface area contributed by atoms with E-state index in [4.69, 9.17) is 4.42 Å². The Morgan fingerprint density at radius 1 is 1.15 bits per heavy atom. The van der Waals surface area contributed by atoms with Gasteiger partial charge in [0.1, 0.15) is 17.8 Å². The predicted molar refractivity (Wildman–Crippen MR) is 74.6 cm³/mol. The first-order valence-electron chi connectivity index (χ1n) is 6.39. The fourth-order valence-electron chi connectivity index (χ4n) is 2.00. The molecule has 0 amide bonds. The van der Waals surface area contributed by atoms with E-state index in [1.54, 1.807) is 11.0 Å². The van der Waals surface area contributed by atoms with Gasteiger partial charge < -0.3 is 9.73 Å². The van der Waals surface area contributed by atoms with Gasteiger partial charge in [-0.2, -0.15) is 0 Å². The lowest BCUT2D eigenvalue weighted by molar-refractivity contribution is 0.467. The maximum atomic E-state index is 5.61. The largest absolute Gasteiger partial charge is 0.464 e. The van der Waals surface area contributed by atoms with Crippen LogP contribution in [0.3, 0.4) is 0 Å². The standard InChI is InChI=1S/C14H15N5O/c1-10-3-8-14(20-10)11(2)16-12-4-6-13(7-5-12)19-9-15-17-18-19/h3-9,11,16H,1-2H3. The minimum atomic E-state index is 0.114. The number of hydrogen-bond donors (Lipinski definition) is 1. The Hall–Kier alpha value is -2.63. The van der Waals surface area contributed by atoms with Gasteiger partial charge in [-0.25, -0.2) is 4.68 Å². The van der Waals surface area contributed by atoms with Crippen molar-refractivity contribution in [2.45, 2.75) is 19.9 Å². The average molecular weight is 269 g/mol. The summed E-state index contributed by atoms with van der Waals surface area (Å²) in [6, 6.07) is 12.0. The molecule has 3 aromatic rings. The van der Waals surface area contributed by atoms with Crippen LogP contribution in [-0.2, 0) is 0 Å².